The van der Waals surface area contributed by atoms with Crippen LogP contribution in [0.15, 0.2) is 0 Å². The number of primary amides is 1. The second-order valence-corrected chi connectivity index (χ2v) is 3.82. The summed E-state index contributed by atoms with van der Waals surface area (Å²) >= 11 is 0. The first-order chi connectivity index (χ1) is 6.68. The predicted molar refractivity (Wildman–Crippen MR) is 48.3 cm³/mol. The van der Waals surface area contributed by atoms with Crippen LogP contribution in [0, 0.1) is 0 Å². The molecule has 2 heterocycles. The predicted octanol–water partition coefficient (Wildman–Crippen LogP) is -0.748. The summed E-state index contributed by atoms with van der Waals surface area (Å²) in [6, 6.07) is 0.228. The normalized spacial score (nSPS) is 31.7. The molecule has 0 saturated carbocycles. The molecule has 0 aromatic carbocycles. The maximum absolute atomic E-state index is 11.7. The zero-order chi connectivity index (χ0) is 10.1. The maximum Gasteiger partial charge on any atom is 0.252 e. The van der Waals surface area contributed by atoms with Crippen LogP contribution in [-0.2, 0) is 14.3 Å². The second-order valence-electron chi connectivity index (χ2n) is 3.82. The van der Waals surface area contributed by atoms with Gasteiger partial charge in [-0.05, 0) is 12.8 Å². The molecule has 2 rings (SSSR count). The van der Waals surface area contributed by atoms with E-state index in [4.69, 9.17) is 10.5 Å². The minimum atomic E-state index is -0.637. The first kappa shape index (κ1) is 9.45. The van der Waals surface area contributed by atoms with E-state index < -0.39 is 12.0 Å². The van der Waals surface area contributed by atoms with E-state index in [1.165, 1.54) is 0 Å². The van der Waals surface area contributed by atoms with Crippen LogP contribution in [0.2, 0.25) is 0 Å². The van der Waals surface area contributed by atoms with Crippen molar-refractivity contribution in [2.24, 2.45) is 5.73 Å². The Hall–Kier alpha value is -1.10. The van der Waals surface area contributed by atoms with Crippen molar-refractivity contribution in [3.05, 3.63) is 0 Å². The number of nitrogens with two attached hydrogens (primary N) is 1. The Balaban J connectivity index is 2.02. The molecular formula is C9H14N2O3. The third kappa shape index (κ3) is 1.59. The summed E-state index contributed by atoms with van der Waals surface area (Å²) in [6.45, 7) is 1.34. The van der Waals surface area contributed by atoms with Gasteiger partial charge in [-0.3, -0.25) is 9.59 Å². The molecule has 0 aromatic heterocycles. The van der Waals surface area contributed by atoms with E-state index in [2.05, 4.69) is 0 Å². The van der Waals surface area contributed by atoms with E-state index in [-0.39, 0.29) is 18.4 Å². The Kier molecular flexibility index (Phi) is 2.41. The van der Waals surface area contributed by atoms with Crippen molar-refractivity contribution in [2.45, 2.75) is 31.4 Å². The smallest absolute Gasteiger partial charge is 0.252 e. The van der Waals surface area contributed by atoms with Crippen LogP contribution in [0.3, 0.4) is 0 Å². The summed E-state index contributed by atoms with van der Waals surface area (Å²) in [7, 11) is 0. The molecule has 2 aliphatic heterocycles. The van der Waals surface area contributed by atoms with Crippen LogP contribution in [0.25, 0.3) is 0 Å². The average molecular weight is 198 g/mol. The minimum absolute atomic E-state index is 0.00204. The molecule has 2 amide bonds. The number of ether oxygens (including phenoxy) is 1. The number of amides is 2. The standard InChI is InChI=1S/C9H14N2O3/c10-8(12)4-7-9(13)11-3-1-2-6(11)5-14-7/h6-7H,1-5H2,(H2,10,12). The van der Waals surface area contributed by atoms with Gasteiger partial charge >= 0.3 is 0 Å². The lowest BCUT2D eigenvalue weighted by molar-refractivity contribution is -0.158. The second kappa shape index (κ2) is 3.57. The van der Waals surface area contributed by atoms with E-state index in [1.54, 1.807) is 0 Å². The lowest BCUT2D eigenvalue weighted by atomic mass is 10.1. The molecule has 5 heteroatoms. The Labute approximate surface area is 82.2 Å². The molecule has 0 radical (unpaired) electrons. The summed E-state index contributed by atoms with van der Waals surface area (Å²) in [5.41, 5.74) is 5.03. The largest absolute Gasteiger partial charge is 0.370 e. The summed E-state index contributed by atoms with van der Waals surface area (Å²) in [4.78, 5) is 24.2. The van der Waals surface area contributed by atoms with Crippen molar-refractivity contribution in [3.8, 4) is 0 Å². The van der Waals surface area contributed by atoms with Gasteiger partial charge in [0.15, 0.2) is 0 Å². The van der Waals surface area contributed by atoms with Crippen LogP contribution < -0.4 is 5.73 Å². The number of nitrogens with zero attached hydrogens (tertiary/aromatic N) is 1. The molecule has 2 saturated heterocycles. The van der Waals surface area contributed by atoms with E-state index in [0.717, 1.165) is 19.4 Å². The molecule has 14 heavy (non-hydrogen) atoms. The van der Waals surface area contributed by atoms with Crippen LogP contribution in [0.5, 0.6) is 0 Å². The zero-order valence-electron chi connectivity index (χ0n) is 7.94. The zero-order valence-corrected chi connectivity index (χ0v) is 7.94. The number of fused-ring (bicyclic) bond motifs is 1. The third-order valence-corrected chi connectivity index (χ3v) is 2.81. The number of rotatable bonds is 2. The van der Waals surface area contributed by atoms with Crippen molar-refractivity contribution >= 4 is 11.8 Å². The van der Waals surface area contributed by atoms with E-state index in [9.17, 15) is 9.59 Å². The quantitative estimate of drug-likeness (QED) is 0.634. The van der Waals surface area contributed by atoms with Gasteiger partial charge in [-0.2, -0.15) is 0 Å². The fourth-order valence-electron chi connectivity index (χ4n) is 2.11. The molecule has 0 aromatic rings. The van der Waals surface area contributed by atoms with Gasteiger partial charge in [-0.1, -0.05) is 0 Å². The lowest BCUT2D eigenvalue weighted by Gasteiger charge is -2.34. The van der Waals surface area contributed by atoms with Gasteiger partial charge in [-0.15, -0.1) is 0 Å². The van der Waals surface area contributed by atoms with Gasteiger partial charge < -0.3 is 15.4 Å². The van der Waals surface area contributed by atoms with Gasteiger partial charge in [0.1, 0.15) is 6.10 Å². The van der Waals surface area contributed by atoms with Gasteiger partial charge in [0.25, 0.3) is 5.91 Å². The van der Waals surface area contributed by atoms with E-state index in [1.807, 2.05) is 4.90 Å². The third-order valence-electron chi connectivity index (χ3n) is 2.81. The maximum atomic E-state index is 11.7. The van der Waals surface area contributed by atoms with Gasteiger partial charge in [0.2, 0.25) is 5.91 Å². The summed E-state index contributed by atoms with van der Waals surface area (Å²) in [5.74, 6) is -0.557. The molecule has 2 N–H and O–H groups in total. The number of carbonyl (C=O) groups is 2. The first-order valence-electron chi connectivity index (χ1n) is 4.89. The number of morpholine rings is 1. The Morgan fingerprint density at radius 2 is 2.43 bits per heavy atom. The van der Waals surface area contributed by atoms with Crippen LogP contribution in [-0.4, -0.2) is 42.0 Å². The van der Waals surface area contributed by atoms with Gasteiger partial charge in [0, 0.05) is 6.54 Å². The molecule has 2 aliphatic rings. The Morgan fingerprint density at radius 3 is 3.14 bits per heavy atom. The Bertz CT molecular complexity index is 267. The summed E-state index contributed by atoms with van der Waals surface area (Å²) < 4.78 is 5.32. The molecule has 2 atom stereocenters. The highest BCUT2D eigenvalue weighted by Crippen LogP contribution is 2.24. The molecule has 2 fully saturated rings. The van der Waals surface area contributed by atoms with Gasteiger partial charge in [0.05, 0.1) is 19.1 Å². The Morgan fingerprint density at radius 1 is 1.64 bits per heavy atom. The number of hydrogen-bond donors (Lipinski definition) is 1. The highest BCUT2D eigenvalue weighted by molar-refractivity contribution is 5.87. The SMILES string of the molecule is NC(=O)CC1OCC2CCCN2C1=O. The summed E-state index contributed by atoms with van der Waals surface area (Å²) in [6.07, 6.45) is 1.40. The fourth-order valence-corrected chi connectivity index (χ4v) is 2.11. The average Bonchev–Trinajstić information content (AvgIpc) is 2.57. The summed E-state index contributed by atoms with van der Waals surface area (Å²) in [5, 5.41) is 0. The van der Waals surface area contributed by atoms with Crippen LogP contribution in [0.1, 0.15) is 19.3 Å². The van der Waals surface area contributed by atoms with Crippen molar-refractivity contribution < 1.29 is 14.3 Å². The molecule has 2 unspecified atom stereocenters. The highest BCUT2D eigenvalue weighted by atomic mass is 16.5. The fraction of sp³-hybridized carbons (Fsp3) is 0.778. The van der Waals surface area contributed by atoms with Gasteiger partial charge in [-0.25, -0.2) is 0 Å². The molecule has 78 valence electrons. The topological polar surface area (TPSA) is 72.6 Å². The van der Waals surface area contributed by atoms with Crippen molar-refractivity contribution in [1.82, 2.24) is 4.90 Å². The van der Waals surface area contributed by atoms with Crippen LogP contribution in [0.4, 0.5) is 0 Å². The minimum Gasteiger partial charge on any atom is -0.370 e. The molecule has 0 spiro atoms. The first-order valence-corrected chi connectivity index (χ1v) is 4.89. The lowest BCUT2D eigenvalue weighted by Crippen LogP contribution is -2.51. The molecular weight excluding hydrogens is 184 g/mol. The number of hydrogen-bond acceptors (Lipinski definition) is 3. The van der Waals surface area contributed by atoms with Crippen molar-refractivity contribution in [2.75, 3.05) is 13.2 Å². The monoisotopic (exact) mass is 198 g/mol. The molecule has 5 nitrogen and oxygen atoms in total. The number of carbonyl (C=O) groups excluding carboxylic acids is 2. The van der Waals surface area contributed by atoms with Crippen molar-refractivity contribution in [3.63, 3.8) is 0 Å². The van der Waals surface area contributed by atoms with E-state index >= 15 is 0 Å². The van der Waals surface area contributed by atoms with E-state index in [0.29, 0.717) is 6.61 Å². The van der Waals surface area contributed by atoms with Crippen LogP contribution >= 0.6 is 0 Å². The molecule has 0 aliphatic carbocycles. The van der Waals surface area contributed by atoms with Crippen molar-refractivity contribution in [1.29, 1.82) is 0 Å². The highest BCUT2D eigenvalue weighted by Gasteiger charge is 2.39. The molecule has 0 bridgehead atoms.